The van der Waals surface area contributed by atoms with Crippen molar-refractivity contribution in [3.8, 4) is 5.75 Å². The number of hydrogen-bond acceptors (Lipinski definition) is 5. The molecular formula is C28H33N3O5S. The summed E-state index contributed by atoms with van der Waals surface area (Å²) in [6, 6.07) is 21.5. The lowest BCUT2D eigenvalue weighted by atomic mass is 10.1. The third-order valence-electron chi connectivity index (χ3n) is 6.15. The molecule has 9 heteroatoms. The van der Waals surface area contributed by atoms with Gasteiger partial charge < -0.3 is 15.0 Å². The molecule has 0 saturated carbocycles. The second-order valence-corrected chi connectivity index (χ2v) is 10.3. The molecule has 2 amide bonds. The van der Waals surface area contributed by atoms with Crippen LogP contribution in [-0.2, 0) is 32.6 Å². The highest BCUT2D eigenvalue weighted by molar-refractivity contribution is 7.92. The number of amides is 2. The molecule has 3 rings (SSSR count). The maximum absolute atomic E-state index is 13.8. The number of nitrogens with zero attached hydrogens (tertiary/aromatic N) is 2. The minimum absolute atomic E-state index is 0.0763. The van der Waals surface area contributed by atoms with E-state index in [4.69, 9.17) is 4.74 Å². The van der Waals surface area contributed by atoms with Gasteiger partial charge in [-0.15, -0.1) is 0 Å². The minimum atomic E-state index is -4.09. The van der Waals surface area contributed by atoms with Crippen molar-refractivity contribution >= 4 is 27.5 Å². The first-order valence-corrected chi connectivity index (χ1v) is 13.5. The maximum Gasteiger partial charge on any atom is 0.264 e. The number of benzene rings is 3. The van der Waals surface area contributed by atoms with Crippen LogP contribution in [0.25, 0.3) is 0 Å². The highest BCUT2D eigenvalue weighted by Gasteiger charge is 2.33. The van der Waals surface area contributed by atoms with Crippen LogP contribution in [0.15, 0.2) is 83.8 Å². The van der Waals surface area contributed by atoms with Crippen LogP contribution in [0.5, 0.6) is 5.75 Å². The molecule has 0 radical (unpaired) electrons. The molecule has 1 N–H and O–H groups in total. The Labute approximate surface area is 218 Å². The van der Waals surface area contributed by atoms with Crippen LogP contribution < -0.4 is 14.4 Å². The first-order valence-electron chi connectivity index (χ1n) is 12.0. The van der Waals surface area contributed by atoms with Gasteiger partial charge in [-0.25, -0.2) is 8.42 Å². The number of aryl methyl sites for hydroxylation is 1. The molecule has 8 nitrogen and oxygen atoms in total. The lowest BCUT2D eigenvalue weighted by Gasteiger charge is -2.32. The van der Waals surface area contributed by atoms with Gasteiger partial charge in [-0.3, -0.25) is 13.9 Å². The Morgan fingerprint density at radius 2 is 1.65 bits per heavy atom. The topological polar surface area (TPSA) is 96.0 Å². The summed E-state index contributed by atoms with van der Waals surface area (Å²) in [5.41, 5.74) is 1.96. The lowest BCUT2D eigenvalue weighted by Crippen LogP contribution is -2.50. The largest absolute Gasteiger partial charge is 0.497 e. The number of hydrogen-bond donors (Lipinski definition) is 1. The normalized spacial score (nSPS) is 11.9. The Hall–Kier alpha value is -3.85. The number of likely N-dealkylation sites (N-methyl/N-ethyl adjacent to an activating group) is 1. The van der Waals surface area contributed by atoms with E-state index in [1.54, 1.807) is 62.6 Å². The summed E-state index contributed by atoms with van der Waals surface area (Å²) in [6.07, 6.45) is 0.577. The summed E-state index contributed by atoms with van der Waals surface area (Å²) < 4.78 is 34.1. The average Bonchev–Trinajstić information content (AvgIpc) is 2.94. The van der Waals surface area contributed by atoms with Gasteiger partial charge in [-0.05, 0) is 54.8 Å². The first-order chi connectivity index (χ1) is 17.7. The zero-order valence-corrected chi connectivity index (χ0v) is 22.4. The number of carbonyl (C=O) groups is 2. The number of methoxy groups -OCH3 is 1. The third-order valence-corrected chi connectivity index (χ3v) is 7.93. The fourth-order valence-corrected chi connectivity index (χ4v) is 5.52. The summed E-state index contributed by atoms with van der Waals surface area (Å²) in [4.78, 5) is 27.9. The molecule has 0 spiro atoms. The van der Waals surface area contributed by atoms with Crippen LogP contribution >= 0.6 is 0 Å². The lowest BCUT2D eigenvalue weighted by molar-refractivity contribution is -0.139. The fourth-order valence-electron chi connectivity index (χ4n) is 4.05. The molecule has 37 heavy (non-hydrogen) atoms. The van der Waals surface area contributed by atoms with Crippen molar-refractivity contribution in [1.82, 2.24) is 10.2 Å². The number of rotatable bonds is 11. The van der Waals surface area contributed by atoms with E-state index in [1.807, 2.05) is 25.1 Å². The molecule has 0 saturated heterocycles. The highest BCUT2D eigenvalue weighted by Crippen LogP contribution is 2.28. The van der Waals surface area contributed by atoms with Crippen molar-refractivity contribution in [3.63, 3.8) is 0 Å². The predicted octanol–water partition coefficient (Wildman–Crippen LogP) is 3.62. The molecule has 1 atom stereocenters. The van der Waals surface area contributed by atoms with Gasteiger partial charge in [0, 0.05) is 13.6 Å². The van der Waals surface area contributed by atoms with Crippen LogP contribution in [0.4, 0.5) is 5.69 Å². The molecule has 0 aromatic heterocycles. The zero-order valence-electron chi connectivity index (χ0n) is 21.5. The van der Waals surface area contributed by atoms with Gasteiger partial charge in [-0.1, -0.05) is 55.5 Å². The van der Waals surface area contributed by atoms with Crippen molar-refractivity contribution in [2.45, 2.75) is 37.8 Å². The van der Waals surface area contributed by atoms with E-state index in [0.717, 1.165) is 15.4 Å². The molecule has 0 aliphatic carbocycles. The monoisotopic (exact) mass is 523 g/mol. The highest BCUT2D eigenvalue weighted by atomic mass is 32.2. The second kappa shape index (κ2) is 12.4. The number of ether oxygens (including phenoxy) is 1. The molecule has 3 aromatic carbocycles. The van der Waals surface area contributed by atoms with Crippen LogP contribution in [0.1, 0.15) is 25.0 Å². The van der Waals surface area contributed by atoms with Gasteiger partial charge in [0.1, 0.15) is 18.3 Å². The summed E-state index contributed by atoms with van der Waals surface area (Å²) in [6.45, 7) is 3.17. The number of sulfonamides is 1. The number of para-hydroxylation sites is 1. The molecule has 0 heterocycles. The summed E-state index contributed by atoms with van der Waals surface area (Å²) in [7, 11) is -1.04. The third kappa shape index (κ3) is 6.48. The second-order valence-electron chi connectivity index (χ2n) is 8.47. The summed E-state index contributed by atoms with van der Waals surface area (Å²) >= 11 is 0. The molecule has 0 bridgehead atoms. The maximum atomic E-state index is 13.8. The van der Waals surface area contributed by atoms with Crippen molar-refractivity contribution in [3.05, 3.63) is 90.0 Å². The van der Waals surface area contributed by atoms with E-state index in [-0.39, 0.29) is 17.3 Å². The van der Waals surface area contributed by atoms with Gasteiger partial charge in [0.15, 0.2) is 0 Å². The molecule has 0 fully saturated rings. The van der Waals surface area contributed by atoms with E-state index in [0.29, 0.717) is 17.9 Å². The quantitative estimate of drug-likeness (QED) is 0.414. The molecule has 3 aromatic rings. The Morgan fingerprint density at radius 3 is 2.30 bits per heavy atom. The SMILES string of the molecule is CCc1ccccc1N(CC(=O)N(Cc1cccc(OC)c1)[C@@H](C)C(=O)NC)S(=O)(=O)c1ccccc1. The van der Waals surface area contributed by atoms with E-state index >= 15 is 0 Å². The Kier molecular flexibility index (Phi) is 9.30. The van der Waals surface area contributed by atoms with Crippen molar-refractivity contribution < 1.29 is 22.7 Å². The first kappa shape index (κ1) is 27.7. The summed E-state index contributed by atoms with van der Waals surface area (Å²) in [5.74, 6) is -0.255. The summed E-state index contributed by atoms with van der Waals surface area (Å²) in [5, 5.41) is 2.58. The van der Waals surface area contributed by atoms with Crippen LogP contribution in [-0.4, -0.2) is 51.9 Å². The number of nitrogens with one attached hydrogen (secondary N) is 1. The van der Waals surface area contributed by atoms with Gasteiger partial charge >= 0.3 is 0 Å². The van der Waals surface area contributed by atoms with Gasteiger partial charge in [-0.2, -0.15) is 0 Å². The van der Waals surface area contributed by atoms with Gasteiger partial charge in [0.2, 0.25) is 11.8 Å². The van der Waals surface area contributed by atoms with Crippen molar-refractivity contribution in [2.75, 3.05) is 25.0 Å². The zero-order chi connectivity index (χ0) is 27.0. The number of carbonyl (C=O) groups excluding carboxylic acids is 2. The molecular weight excluding hydrogens is 490 g/mol. The smallest absolute Gasteiger partial charge is 0.264 e. The Bertz CT molecular complexity index is 1330. The van der Waals surface area contributed by atoms with Gasteiger partial charge in [0.25, 0.3) is 10.0 Å². The standard InChI is InChI=1S/C28H33N3O5S/c1-5-23-13-9-10-17-26(23)31(37(34,35)25-15-7-6-8-16-25)20-27(32)30(21(2)28(33)29-3)19-22-12-11-14-24(18-22)36-4/h6-18,21H,5,19-20H2,1-4H3,(H,29,33)/t21-/m0/s1. The molecule has 0 unspecified atom stereocenters. The van der Waals surface area contributed by atoms with E-state index < -0.39 is 28.5 Å². The van der Waals surface area contributed by atoms with E-state index in [1.165, 1.54) is 24.1 Å². The van der Waals surface area contributed by atoms with E-state index in [9.17, 15) is 18.0 Å². The minimum Gasteiger partial charge on any atom is -0.497 e. The molecule has 196 valence electrons. The molecule has 0 aliphatic rings. The molecule has 0 aliphatic heterocycles. The average molecular weight is 524 g/mol. The Balaban J connectivity index is 2.06. The van der Waals surface area contributed by atoms with Crippen LogP contribution in [0.2, 0.25) is 0 Å². The number of anilines is 1. The fraction of sp³-hybridized carbons (Fsp3) is 0.286. The van der Waals surface area contributed by atoms with Gasteiger partial charge in [0.05, 0.1) is 17.7 Å². The van der Waals surface area contributed by atoms with E-state index in [2.05, 4.69) is 5.32 Å². The van der Waals surface area contributed by atoms with Crippen molar-refractivity contribution in [2.24, 2.45) is 0 Å². The Morgan fingerprint density at radius 1 is 0.973 bits per heavy atom. The predicted molar refractivity (Wildman–Crippen MR) is 144 cm³/mol. The van der Waals surface area contributed by atoms with Crippen LogP contribution in [0.3, 0.4) is 0 Å². The van der Waals surface area contributed by atoms with Crippen LogP contribution in [0, 0.1) is 0 Å². The van der Waals surface area contributed by atoms with Crippen molar-refractivity contribution in [1.29, 1.82) is 0 Å².